The SMILES string of the molecule is CC1(C)CC2=CCC[C@H]2NS1=O. The van der Waals surface area contributed by atoms with Gasteiger partial charge in [0.1, 0.15) is 0 Å². The molecule has 2 aliphatic rings. The number of fused-ring (bicyclic) bond motifs is 1. The van der Waals surface area contributed by atoms with E-state index in [-0.39, 0.29) is 4.75 Å². The summed E-state index contributed by atoms with van der Waals surface area (Å²) in [5.41, 5.74) is 1.47. The molecule has 2 atom stereocenters. The van der Waals surface area contributed by atoms with Gasteiger partial charge in [-0.3, -0.25) is 0 Å². The van der Waals surface area contributed by atoms with Gasteiger partial charge in [0.05, 0.1) is 15.7 Å². The quantitative estimate of drug-likeness (QED) is 0.569. The molecule has 1 aliphatic carbocycles. The average molecular weight is 185 g/mol. The molecule has 1 aliphatic heterocycles. The highest BCUT2D eigenvalue weighted by Gasteiger charge is 2.37. The molecule has 1 fully saturated rings. The summed E-state index contributed by atoms with van der Waals surface area (Å²) in [4.78, 5) is 0. The van der Waals surface area contributed by atoms with Crippen LogP contribution >= 0.6 is 0 Å². The Kier molecular flexibility index (Phi) is 1.88. The monoisotopic (exact) mass is 185 g/mol. The Morgan fingerprint density at radius 3 is 3.17 bits per heavy atom. The van der Waals surface area contributed by atoms with E-state index in [9.17, 15) is 4.21 Å². The zero-order valence-electron chi connectivity index (χ0n) is 7.59. The fourth-order valence-corrected chi connectivity index (χ4v) is 3.08. The molecule has 0 radical (unpaired) electrons. The predicted molar refractivity (Wildman–Crippen MR) is 51.1 cm³/mol. The smallest absolute Gasteiger partial charge is 0.0981 e. The minimum Gasteiger partial charge on any atom is -0.242 e. The van der Waals surface area contributed by atoms with Crippen LogP contribution in [0.15, 0.2) is 11.6 Å². The molecular formula is C9H15NOS. The Hall–Kier alpha value is -0.150. The van der Waals surface area contributed by atoms with Crippen molar-refractivity contribution in [1.82, 2.24) is 4.72 Å². The first-order valence-corrected chi connectivity index (χ1v) is 5.61. The summed E-state index contributed by atoms with van der Waals surface area (Å²) in [5, 5.41) is 0. The van der Waals surface area contributed by atoms with Crippen molar-refractivity contribution in [2.75, 3.05) is 0 Å². The molecule has 0 aromatic heterocycles. The minimum absolute atomic E-state index is 0.0767. The first kappa shape index (κ1) is 8.45. The molecule has 12 heavy (non-hydrogen) atoms. The topological polar surface area (TPSA) is 29.1 Å². The molecular weight excluding hydrogens is 170 g/mol. The second-order valence-electron chi connectivity index (χ2n) is 4.23. The minimum atomic E-state index is -0.852. The Bertz CT molecular complexity index is 257. The van der Waals surface area contributed by atoms with Gasteiger partial charge >= 0.3 is 0 Å². The molecule has 1 N–H and O–H groups in total. The highest BCUT2D eigenvalue weighted by atomic mass is 32.2. The van der Waals surface area contributed by atoms with Gasteiger partial charge in [0, 0.05) is 6.04 Å². The van der Waals surface area contributed by atoms with Crippen molar-refractivity contribution in [2.45, 2.75) is 43.9 Å². The summed E-state index contributed by atoms with van der Waals surface area (Å²) in [6.07, 6.45) is 5.59. The van der Waals surface area contributed by atoms with E-state index < -0.39 is 11.0 Å². The molecule has 0 bridgehead atoms. The van der Waals surface area contributed by atoms with Gasteiger partial charge in [-0.2, -0.15) is 0 Å². The van der Waals surface area contributed by atoms with Crippen molar-refractivity contribution in [2.24, 2.45) is 0 Å². The molecule has 1 saturated heterocycles. The molecule has 0 aromatic rings. The van der Waals surface area contributed by atoms with E-state index in [4.69, 9.17) is 0 Å². The van der Waals surface area contributed by atoms with Crippen LogP contribution in [0.3, 0.4) is 0 Å². The van der Waals surface area contributed by atoms with Crippen LogP contribution < -0.4 is 4.72 Å². The zero-order chi connectivity index (χ0) is 8.77. The van der Waals surface area contributed by atoms with E-state index in [1.807, 2.05) is 0 Å². The molecule has 1 heterocycles. The largest absolute Gasteiger partial charge is 0.242 e. The van der Waals surface area contributed by atoms with Crippen molar-refractivity contribution < 1.29 is 4.21 Å². The maximum atomic E-state index is 11.6. The van der Waals surface area contributed by atoms with Crippen LogP contribution in [0.4, 0.5) is 0 Å². The highest BCUT2D eigenvalue weighted by molar-refractivity contribution is 7.84. The molecule has 0 saturated carbocycles. The van der Waals surface area contributed by atoms with Gasteiger partial charge in [-0.25, -0.2) is 8.93 Å². The molecule has 1 unspecified atom stereocenters. The number of hydrogen-bond acceptors (Lipinski definition) is 1. The molecule has 2 nitrogen and oxygen atoms in total. The fourth-order valence-electron chi connectivity index (χ4n) is 1.94. The van der Waals surface area contributed by atoms with Crippen LogP contribution in [-0.2, 0) is 11.0 Å². The third-order valence-corrected chi connectivity index (χ3v) is 4.34. The van der Waals surface area contributed by atoms with Crippen LogP contribution in [0.2, 0.25) is 0 Å². The lowest BCUT2D eigenvalue weighted by molar-refractivity contribution is 0.539. The van der Waals surface area contributed by atoms with E-state index in [0.717, 1.165) is 19.3 Å². The molecule has 0 amide bonds. The normalized spacial score (nSPS) is 39.0. The highest BCUT2D eigenvalue weighted by Crippen LogP contribution is 2.34. The summed E-state index contributed by atoms with van der Waals surface area (Å²) < 4.78 is 14.7. The summed E-state index contributed by atoms with van der Waals surface area (Å²) in [7, 11) is -0.852. The number of nitrogens with one attached hydrogen (secondary N) is 1. The summed E-state index contributed by atoms with van der Waals surface area (Å²) in [6.45, 7) is 4.12. The lowest BCUT2D eigenvalue weighted by Gasteiger charge is -2.34. The first-order valence-electron chi connectivity index (χ1n) is 4.46. The first-order chi connectivity index (χ1) is 5.59. The van der Waals surface area contributed by atoms with Crippen molar-refractivity contribution >= 4 is 11.0 Å². The average Bonchev–Trinajstić information content (AvgIpc) is 2.35. The van der Waals surface area contributed by atoms with E-state index >= 15 is 0 Å². The maximum Gasteiger partial charge on any atom is 0.0981 e. The third kappa shape index (κ3) is 1.25. The van der Waals surface area contributed by atoms with E-state index in [0.29, 0.717) is 6.04 Å². The second-order valence-corrected chi connectivity index (χ2v) is 6.11. The van der Waals surface area contributed by atoms with Gasteiger partial charge in [-0.05, 0) is 33.1 Å². The van der Waals surface area contributed by atoms with Crippen molar-refractivity contribution in [1.29, 1.82) is 0 Å². The summed E-state index contributed by atoms with van der Waals surface area (Å²) in [6, 6.07) is 0.416. The van der Waals surface area contributed by atoms with Crippen LogP contribution in [0.1, 0.15) is 33.1 Å². The molecule has 68 valence electrons. The Morgan fingerprint density at radius 2 is 2.42 bits per heavy atom. The van der Waals surface area contributed by atoms with E-state index in [2.05, 4.69) is 24.6 Å². The van der Waals surface area contributed by atoms with Gasteiger partial charge in [-0.15, -0.1) is 0 Å². The fraction of sp³-hybridized carbons (Fsp3) is 0.778. The standard InChI is InChI=1S/C9H15NOS/c1-9(2)6-7-4-3-5-8(7)10-12(9)11/h4,8,10H,3,5-6H2,1-2H3/t8-,12?/m1/s1. The second kappa shape index (κ2) is 2.67. The molecule has 0 spiro atoms. The summed E-state index contributed by atoms with van der Waals surface area (Å²) >= 11 is 0. The Morgan fingerprint density at radius 1 is 1.67 bits per heavy atom. The van der Waals surface area contributed by atoms with E-state index in [1.165, 1.54) is 5.57 Å². The van der Waals surface area contributed by atoms with Gasteiger partial charge < -0.3 is 0 Å². The number of hydrogen-bond donors (Lipinski definition) is 1. The van der Waals surface area contributed by atoms with Crippen LogP contribution in [-0.4, -0.2) is 15.0 Å². The summed E-state index contributed by atoms with van der Waals surface area (Å²) in [5.74, 6) is 0. The van der Waals surface area contributed by atoms with Crippen molar-refractivity contribution in [3.8, 4) is 0 Å². The van der Waals surface area contributed by atoms with Gasteiger partial charge in [0.25, 0.3) is 0 Å². The van der Waals surface area contributed by atoms with E-state index in [1.54, 1.807) is 0 Å². The van der Waals surface area contributed by atoms with Crippen LogP contribution in [0.5, 0.6) is 0 Å². The Balaban J connectivity index is 2.23. The van der Waals surface area contributed by atoms with Crippen molar-refractivity contribution in [3.05, 3.63) is 11.6 Å². The molecule has 3 heteroatoms. The van der Waals surface area contributed by atoms with Gasteiger partial charge in [0.2, 0.25) is 0 Å². The van der Waals surface area contributed by atoms with Gasteiger partial charge in [0.15, 0.2) is 0 Å². The molecule has 2 rings (SSSR count). The maximum absolute atomic E-state index is 11.6. The number of allylic oxidation sites excluding steroid dienone is 1. The van der Waals surface area contributed by atoms with Crippen LogP contribution in [0, 0.1) is 0 Å². The lowest BCUT2D eigenvalue weighted by atomic mass is 9.99. The zero-order valence-corrected chi connectivity index (χ0v) is 8.41. The van der Waals surface area contributed by atoms with Crippen molar-refractivity contribution in [3.63, 3.8) is 0 Å². The van der Waals surface area contributed by atoms with Crippen LogP contribution in [0.25, 0.3) is 0 Å². The lowest BCUT2D eigenvalue weighted by Crippen LogP contribution is -2.47. The predicted octanol–water partition coefficient (Wildman–Crippen LogP) is 1.51. The number of rotatable bonds is 0. The Labute approximate surface area is 76.0 Å². The molecule has 0 aromatic carbocycles. The van der Waals surface area contributed by atoms with Gasteiger partial charge in [-0.1, -0.05) is 11.6 Å². The third-order valence-electron chi connectivity index (χ3n) is 2.69.